The smallest absolute Gasteiger partial charge is 1.00 e. The molecule has 0 radical (unpaired) electrons. The van der Waals surface area contributed by atoms with Crippen LogP contribution in [0.25, 0.3) is 0 Å². The van der Waals surface area contributed by atoms with Crippen molar-refractivity contribution in [3.63, 3.8) is 0 Å². The molecule has 0 aromatic carbocycles. The van der Waals surface area contributed by atoms with E-state index in [4.69, 9.17) is 0 Å². The molecule has 0 aromatic rings. The first-order chi connectivity index (χ1) is 12.4. The molecule has 26 heavy (non-hydrogen) atoms. The van der Waals surface area contributed by atoms with Gasteiger partial charge in [0.05, 0.1) is 0 Å². The van der Waals surface area contributed by atoms with Crippen LogP contribution in [0, 0.1) is 0 Å². The number of thiol groups is 1. The summed E-state index contributed by atoms with van der Waals surface area (Å²) < 4.78 is 0. The number of hydrogen-bond donors (Lipinski definition) is 1. The van der Waals surface area contributed by atoms with Crippen molar-refractivity contribution in [2.75, 3.05) is 5.75 Å². The van der Waals surface area contributed by atoms with E-state index in [2.05, 4.69) is 19.6 Å². The van der Waals surface area contributed by atoms with Gasteiger partial charge in [0, 0.05) is 0 Å². The van der Waals surface area contributed by atoms with E-state index in [1.807, 2.05) is 0 Å². The van der Waals surface area contributed by atoms with Gasteiger partial charge in [-0.05, 0) is 12.2 Å². The minimum Gasteiger partial charge on any atom is -1.00 e. The Kier molecular flexibility index (Phi) is 32.5. The average Bonchev–Trinajstić information content (AvgIpc) is 2.63. The Labute approximate surface area is 196 Å². The molecule has 0 saturated heterocycles. The van der Waals surface area contributed by atoms with Crippen molar-refractivity contribution >= 4 is 12.6 Å². The van der Waals surface area contributed by atoms with Crippen molar-refractivity contribution in [2.45, 2.75) is 148 Å². The van der Waals surface area contributed by atoms with Crippen LogP contribution in [0.2, 0.25) is 0 Å². The summed E-state index contributed by atoms with van der Waals surface area (Å²) in [7, 11) is 0. The van der Waals surface area contributed by atoms with Crippen LogP contribution in [-0.4, -0.2) is 5.75 Å². The SMILES string of the molecule is CCCCCCCCCCCCCCCCCCCCCCCCS.[H-].[Na+]. The van der Waals surface area contributed by atoms with Gasteiger partial charge in [-0.3, -0.25) is 0 Å². The topological polar surface area (TPSA) is 0 Å². The van der Waals surface area contributed by atoms with Crippen molar-refractivity contribution in [1.29, 1.82) is 0 Å². The molecule has 0 heterocycles. The molecule has 0 unspecified atom stereocenters. The summed E-state index contributed by atoms with van der Waals surface area (Å²) in [5.74, 6) is 1.07. The third-order valence-corrected chi connectivity index (χ3v) is 5.83. The number of unbranched alkanes of at least 4 members (excludes halogenated alkanes) is 21. The van der Waals surface area contributed by atoms with E-state index in [1.165, 1.54) is 141 Å². The second-order valence-corrected chi connectivity index (χ2v) is 8.60. The number of rotatable bonds is 22. The first-order valence-corrected chi connectivity index (χ1v) is 12.7. The van der Waals surface area contributed by atoms with Crippen LogP contribution in [0.1, 0.15) is 150 Å². The van der Waals surface area contributed by atoms with E-state index >= 15 is 0 Å². The second kappa shape index (κ2) is 28.6. The van der Waals surface area contributed by atoms with Crippen LogP contribution >= 0.6 is 12.6 Å². The van der Waals surface area contributed by atoms with Gasteiger partial charge in [0.25, 0.3) is 0 Å². The van der Waals surface area contributed by atoms with Crippen LogP contribution in [0.3, 0.4) is 0 Å². The Morgan fingerprint density at radius 3 is 0.769 bits per heavy atom. The van der Waals surface area contributed by atoms with E-state index < -0.39 is 0 Å². The normalized spacial score (nSPS) is 10.8. The van der Waals surface area contributed by atoms with Gasteiger partial charge in [0.15, 0.2) is 0 Å². The van der Waals surface area contributed by atoms with E-state index in [0.29, 0.717) is 0 Å². The van der Waals surface area contributed by atoms with Gasteiger partial charge in [-0.25, -0.2) is 0 Å². The predicted octanol–water partition coefficient (Wildman–Crippen LogP) is 6.63. The second-order valence-electron chi connectivity index (χ2n) is 8.15. The predicted molar refractivity (Wildman–Crippen MR) is 122 cm³/mol. The van der Waals surface area contributed by atoms with Gasteiger partial charge in [0.2, 0.25) is 0 Å². The molecule has 0 aliphatic rings. The molecule has 0 rings (SSSR count). The molecule has 0 N–H and O–H groups in total. The van der Waals surface area contributed by atoms with Gasteiger partial charge in [-0.1, -0.05) is 142 Å². The molecule has 0 aliphatic heterocycles. The zero-order valence-corrected chi connectivity index (χ0v) is 21.6. The maximum Gasteiger partial charge on any atom is 1.00 e. The fourth-order valence-corrected chi connectivity index (χ4v) is 3.94. The molecule has 0 fully saturated rings. The van der Waals surface area contributed by atoms with Crippen molar-refractivity contribution in [3.8, 4) is 0 Å². The Bertz CT molecular complexity index is 204. The standard InChI is InChI=1S/C24H50S.Na.H/c1-2-3-4-5-6-7-8-9-10-11-12-13-14-15-16-17-18-19-20-21-22-23-24-25;;/h25H,2-24H2,1H3;;/q;+1;-1. The maximum atomic E-state index is 4.26. The van der Waals surface area contributed by atoms with Crippen molar-refractivity contribution in [1.82, 2.24) is 0 Å². The minimum atomic E-state index is 0. The average molecular weight is 395 g/mol. The third kappa shape index (κ3) is 27.6. The quantitative estimate of drug-likeness (QED) is 0.119. The van der Waals surface area contributed by atoms with Crippen molar-refractivity contribution in [2.24, 2.45) is 0 Å². The molecule has 0 bridgehead atoms. The van der Waals surface area contributed by atoms with Crippen LogP contribution in [0.4, 0.5) is 0 Å². The molecular weight excluding hydrogens is 343 g/mol. The monoisotopic (exact) mass is 394 g/mol. The molecular formula is C24H51NaS. The van der Waals surface area contributed by atoms with Crippen LogP contribution in [0.15, 0.2) is 0 Å². The Morgan fingerprint density at radius 1 is 0.385 bits per heavy atom. The van der Waals surface area contributed by atoms with Gasteiger partial charge in [-0.15, -0.1) is 0 Å². The summed E-state index contributed by atoms with van der Waals surface area (Å²) in [5.41, 5.74) is 0. The first-order valence-electron chi connectivity index (χ1n) is 12.0. The molecule has 0 nitrogen and oxygen atoms in total. The molecule has 0 spiro atoms. The zero-order valence-electron chi connectivity index (χ0n) is 19.7. The van der Waals surface area contributed by atoms with Gasteiger partial charge in [0.1, 0.15) is 0 Å². The Hall–Kier alpha value is 1.35. The summed E-state index contributed by atoms with van der Waals surface area (Å²) >= 11 is 4.26. The van der Waals surface area contributed by atoms with Gasteiger partial charge in [-0.2, -0.15) is 12.6 Å². The van der Waals surface area contributed by atoms with Gasteiger partial charge >= 0.3 is 29.6 Å². The Morgan fingerprint density at radius 2 is 0.577 bits per heavy atom. The minimum absolute atomic E-state index is 0. The fourth-order valence-electron chi connectivity index (χ4n) is 3.72. The van der Waals surface area contributed by atoms with E-state index in [-0.39, 0.29) is 31.0 Å². The number of hydrogen-bond acceptors (Lipinski definition) is 1. The summed E-state index contributed by atoms with van der Waals surface area (Å²) in [6.45, 7) is 2.30. The van der Waals surface area contributed by atoms with E-state index in [9.17, 15) is 0 Å². The summed E-state index contributed by atoms with van der Waals surface area (Å²) in [4.78, 5) is 0. The summed E-state index contributed by atoms with van der Waals surface area (Å²) in [6.07, 6.45) is 32.1. The van der Waals surface area contributed by atoms with Gasteiger partial charge < -0.3 is 1.43 Å². The third-order valence-electron chi connectivity index (χ3n) is 5.51. The molecule has 0 amide bonds. The zero-order chi connectivity index (χ0) is 18.3. The summed E-state index contributed by atoms with van der Waals surface area (Å²) in [5, 5.41) is 0. The molecule has 0 aliphatic carbocycles. The molecule has 0 aromatic heterocycles. The van der Waals surface area contributed by atoms with Crippen LogP contribution in [0.5, 0.6) is 0 Å². The van der Waals surface area contributed by atoms with E-state index in [0.717, 1.165) is 5.75 Å². The van der Waals surface area contributed by atoms with Crippen LogP contribution in [-0.2, 0) is 0 Å². The fraction of sp³-hybridized carbons (Fsp3) is 1.00. The summed E-state index contributed by atoms with van der Waals surface area (Å²) in [6, 6.07) is 0. The van der Waals surface area contributed by atoms with Crippen LogP contribution < -0.4 is 29.6 Å². The largest absolute Gasteiger partial charge is 1.00 e. The maximum absolute atomic E-state index is 4.26. The molecule has 0 saturated carbocycles. The molecule has 2 heteroatoms. The Balaban J connectivity index is -0.00000288. The van der Waals surface area contributed by atoms with Crippen molar-refractivity contribution in [3.05, 3.63) is 0 Å². The molecule has 0 atom stereocenters. The first kappa shape index (κ1) is 29.6. The van der Waals surface area contributed by atoms with Crippen molar-refractivity contribution < 1.29 is 31.0 Å². The molecule has 154 valence electrons. The van der Waals surface area contributed by atoms with E-state index in [1.54, 1.807) is 0 Å².